The zero-order valence-corrected chi connectivity index (χ0v) is 13.9. The van der Waals surface area contributed by atoms with Crippen LogP contribution in [0.3, 0.4) is 0 Å². The maximum atomic E-state index is 8.95. The third kappa shape index (κ3) is 5.31. The highest BCUT2D eigenvalue weighted by atomic mass is 16.5. The van der Waals surface area contributed by atoms with Crippen LogP contribution >= 0.6 is 0 Å². The van der Waals surface area contributed by atoms with E-state index >= 15 is 0 Å². The zero-order chi connectivity index (χ0) is 15.9. The van der Waals surface area contributed by atoms with Gasteiger partial charge in [-0.3, -0.25) is 9.80 Å². The summed E-state index contributed by atoms with van der Waals surface area (Å²) in [6.07, 6.45) is -0.138. The summed E-state index contributed by atoms with van der Waals surface area (Å²) in [5, 5.41) is 13.0. The molecule has 0 aliphatic carbocycles. The fraction of sp³-hybridized carbons (Fsp3) is 0.867. The monoisotopic (exact) mass is 312 g/mol. The van der Waals surface area contributed by atoms with Crippen LogP contribution in [0.2, 0.25) is 0 Å². The normalized spacial score (nSPS) is 19.0. The molecule has 1 N–H and O–H groups in total. The molecule has 1 aromatic rings. The number of rotatable bonds is 8. The second kappa shape index (κ2) is 8.57. The molecule has 1 saturated heterocycles. The number of ether oxygens (including phenoxy) is 1. The van der Waals surface area contributed by atoms with Crippen molar-refractivity contribution in [2.24, 2.45) is 5.92 Å². The minimum absolute atomic E-state index is 0.138. The highest BCUT2D eigenvalue weighted by Gasteiger charge is 2.20. The molecule has 7 heteroatoms. The molecule has 22 heavy (non-hydrogen) atoms. The van der Waals surface area contributed by atoms with Crippen molar-refractivity contribution >= 4 is 0 Å². The largest absolute Gasteiger partial charge is 0.395 e. The number of hydrogen-bond donors (Lipinski definition) is 1. The summed E-state index contributed by atoms with van der Waals surface area (Å²) < 4.78 is 11.0. The van der Waals surface area contributed by atoms with Crippen molar-refractivity contribution in [3.63, 3.8) is 0 Å². The van der Waals surface area contributed by atoms with Crippen LogP contribution in [-0.4, -0.2) is 71.0 Å². The molecule has 7 nitrogen and oxygen atoms in total. The lowest BCUT2D eigenvalue weighted by atomic mass is 10.2. The Hall–Kier alpha value is -1.02. The van der Waals surface area contributed by atoms with Crippen molar-refractivity contribution < 1.29 is 14.4 Å². The smallest absolute Gasteiger partial charge is 0.240 e. The van der Waals surface area contributed by atoms with E-state index in [0.717, 1.165) is 32.7 Å². The maximum absolute atomic E-state index is 8.95. The van der Waals surface area contributed by atoms with Gasteiger partial charge < -0.3 is 14.4 Å². The number of aliphatic hydroxyl groups is 1. The van der Waals surface area contributed by atoms with Crippen molar-refractivity contribution in [2.45, 2.75) is 33.4 Å². The van der Waals surface area contributed by atoms with Crippen molar-refractivity contribution in [3.8, 4) is 0 Å². The van der Waals surface area contributed by atoms with Crippen molar-refractivity contribution in [1.29, 1.82) is 0 Å². The van der Waals surface area contributed by atoms with Crippen molar-refractivity contribution in [2.75, 3.05) is 45.9 Å². The SMILES string of the molecule is CC(C)COC(C)c1noc(CN2CCN(CCO)CC2)n1. The number of hydrogen-bond acceptors (Lipinski definition) is 7. The van der Waals surface area contributed by atoms with E-state index in [2.05, 4.69) is 33.8 Å². The van der Waals surface area contributed by atoms with Crippen LogP contribution in [0, 0.1) is 5.92 Å². The van der Waals surface area contributed by atoms with Gasteiger partial charge in [0.1, 0.15) is 6.10 Å². The van der Waals surface area contributed by atoms with E-state index in [1.54, 1.807) is 0 Å². The molecule has 126 valence electrons. The molecule has 0 aromatic carbocycles. The van der Waals surface area contributed by atoms with Gasteiger partial charge >= 0.3 is 0 Å². The Morgan fingerprint density at radius 2 is 1.86 bits per heavy atom. The van der Waals surface area contributed by atoms with E-state index in [9.17, 15) is 0 Å². The summed E-state index contributed by atoms with van der Waals surface area (Å²) in [6.45, 7) is 12.4. The second-order valence-electron chi connectivity index (χ2n) is 6.26. The van der Waals surface area contributed by atoms with Crippen LogP contribution in [0.15, 0.2) is 4.52 Å². The molecule has 0 radical (unpaired) electrons. The average molecular weight is 312 g/mol. The molecule has 1 aliphatic heterocycles. The molecule has 1 aromatic heterocycles. The van der Waals surface area contributed by atoms with Gasteiger partial charge in [-0.2, -0.15) is 4.98 Å². The van der Waals surface area contributed by atoms with Crippen LogP contribution < -0.4 is 0 Å². The van der Waals surface area contributed by atoms with E-state index in [4.69, 9.17) is 14.4 Å². The first-order valence-corrected chi connectivity index (χ1v) is 8.08. The number of β-amino-alcohol motifs (C(OH)–C–C–N with tert-alkyl or cyclic N) is 1. The van der Waals surface area contributed by atoms with Gasteiger partial charge in [-0.15, -0.1) is 0 Å². The minimum atomic E-state index is -0.138. The molecule has 1 atom stereocenters. The van der Waals surface area contributed by atoms with Crippen LogP contribution in [-0.2, 0) is 11.3 Å². The first-order valence-electron chi connectivity index (χ1n) is 8.08. The molecule has 0 bridgehead atoms. The Labute approximate surface area is 132 Å². The lowest BCUT2D eigenvalue weighted by Gasteiger charge is -2.33. The molecule has 0 spiro atoms. The lowest BCUT2D eigenvalue weighted by molar-refractivity contribution is 0.0402. The molecule has 0 amide bonds. The van der Waals surface area contributed by atoms with E-state index in [-0.39, 0.29) is 12.7 Å². The molecule has 1 fully saturated rings. The van der Waals surface area contributed by atoms with E-state index in [1.165, 1.54) is 0 Å². The van der Waals surface area contributed by atoms with E-state index < -0.39 is 0 Å². The number of aromatic nitrogens is 2. The highest BCUT2D eigenvalue weighted by molar-refractivity contribution is 4.90. The first kappa shape index (κ1) is 17.3. The third-order valence-corrected chi connectivity index (χ3v) is 3.77. The summed E-state index contributed by atoms with van der Waals surface area (Å²) >= 11 is 0. The Morgan fingerprint density at radius 3 is 2.50 bits per heavy atom. The molecule has 2 rings (SSSR count). The first-order chi connectivity index (χ1) is 10.6. The molecule has 1 unspecified atom stereocenters. The third-order valence-electron chi connectivity index (χ3n) is 3.77. The van der Waals surface area contributed by atoms with Gasteiger partial charge in [-0.1, -0.05) is 19.0 Å². The van der Waals surface area contributed by atoms with Crippen LogP contribution in [0.4, 0.5) is 0 Å². The quantitative estimate of drug-likeness (QED) is 0.765. The summed E-state index contributed by atoms with van der Waals surface area (Å²) in [7, 11) is 0. The van der Waals surface area contributed by atoms with Gasteiger partial charge in [-0.25, -0.2) is 0 Å². The van der Waals surface area contributed by atoms with Gasteiger partial charge in [0.2, 0.25) is 5.89 Å². The Morgan fingerprint density at radius 1 is 1.18 bits per heavy atom. The maximum Gasteiger partial charge on any atom is 0.240 e. The Bertz CT molecular complexity index is 430. The van der Waals surface area contributed by atoms with Crippen molar-refractivity contribution in [3.05, 3.63) is 11.7 Å². The Kier molecular flexibility index (Phi) is 6.75. The average Bonchev–Trinajstić information content (AvgIpc) is 2.95. The molecular formula is C15H28N4O3. The second-order valence-corrected chi connectivity index (χ2v) is 6.26. The fourth-order valence-corrected chi connectivity index (χ4v) is 2.41. The van der Waals surface area contributed by atoms with Crippen molar-refractivity contribution in [1.82, 2.24) is 19.9 Å². The fourth-order valence-electron chi connectivity index (χ4n) is 2.41. The molecule has 0 saturated carbocycles. The van der Waals surface area contributed by atoms with Gasteiger partial charge in [0, 0.05) is 39.3 Å². The highest BCUT2D eigenvalue weighted by Crippen LogP contribution is 2.15. The summed E-state index contributed by atoms with van der Waals surface area (Å²) in [5.74, 6) is 1.75. The summed E-state index contributed by atoms with van der Waals surface area (Å²) in [4.78, 5) is 9.00. The van der Waals surface area contributed by atoms with Gasteiger partial charge in [0.05, 0.1) is 13.2 Å². The van der Waals surface area contributed by atoms with Gasteiger partial charge in [0.15, 0.2) is 5.82 Å². The standard InChI is InChI=1S/C15H28N4O3/c1-12(2)11-21-13(3)15-16-14(22-17-15)10-19-6-4-18(5-7-19)8-9-20/h12-13,20H,4-11H2,1-3H3. The Balaban J connectivity index is 1.77. The predicted octanol–water partition coefficient (Wildman–Crippen LogP) is 0.913. The summed E-state index contributed by atoms with van der Waals surface area (Å²) in [6, 6.07) is 0. The van der Waals surface area contributed by atoms with Gasteiger partial charge in [-0.05, 0) is 12.8 Å². The van der Waals surface area contributed by atoms with E-state index in [1.807, 2.05) is 6.92 Å². The number of aliphatic hydroxyl groups excluding tert-OH is 1. The van der Waals surface area contributed by atoms with Gasteiger partial charge in [0.25, 0.3) is 0 Å². The summed E-state index contributed by atoms with van der Waals surface area (Å²) in [5.41, 5.74) is 0. The lowest BCUT2D eigenvalue weighted by Crippen LogP contribution is -2.46. The molecule has 2 heterocycles. The predicted molar refractivity (Wildman–Crippen MR) is 82.3 cm³/mol. The van der Waals surface area contributed by atoms with Crippen LogP contribution in [0.25, 0.3) is 0 Å². The van der Waals surface area contributed by atoms with E-state index in [0.29, 0.717) is 30.8 Å². The topological polar surface area (TPSA) is 74.9 Å². The molecule has 1 aliphatic rings. The number of nitrogens with zero attached hydrogens (tertiary/aromatic N) is 4. The molecular weight excluding hydrogens is 284 g/mol. The zero-order valence-electron chi connectivity index (χ0n) is 13.9. The van der Waals surface area contributed by atoms with Crippen LogP contribution in [0.5, 0.6) is 0 Å². The number of piperazine rings is 1. The minimum Gasteiger partial charge on any atom is -0.395 e. The van der Waals surface area contributed by atoms with Crippen LogP contribution in [0.1, 0.15) is 38.6 Å².